The molecule has 0 atom stereocenters. The van der Waals surface area contributed by atoms with Gasteiger partial charge in [0.1, 0.15) is 4.21 Å². The highest BCUT2D eigenvalue weighted by molar-refractivity contribution is 7.91. The van der Waals surface area contributed by atoms with E-state index in [4.69, 9.17) is 5.73 Å². The standard InChI is InChI=1S/C10H19N3O2S2/c1-13(2)5-3-4-12-17(14,15)10-6-9(7-11)8-16-10/h6,8,12H,3-5,7,11H2,1-2H3. The van der Waals surface area contributed by atoms with Crippen LogP contribution in [0.25, 0.3) is 0 Å². The van der Waals surface area contributed by atoms with E-state index in [1.54, 1.807) is 11.4 Å². The Morgan fingerprint density at radius 3 is 2.71 bits per heavy atom. The summed E-state index contributed by atoms with van der Waals surface area (Å²) in [4.78, 5) is 2.02. The molecule has 0 amide bonds. The van der Waals surface area contributed by atoms with Crippen molar-refractivity contribution in [2.75, 3.05) is 27.2 Å². The second-order valence-corrected chi connectivity index (χ2v) is 6.94. The SMILES string of the molecule is CN(C)CCCNS(=O)(=O)c1cc(CN)cs1. The molecule has 0 bridgehead atoms. The molecule has 0 aromatic carbocycles. The minimum atomic E-state index is -3.35. The van der Waals surface area contributed by atoms with Crippen molar-refractivity contribution >= 4 is 21.4 Å². The minimum absolute atomic E-state index is 0.336. The van der Waals surface area contributed by atoms with E-state index in [9.17, 15) is 8.42 Å². The third kappa shape index (κ3) is 4.72. The first kappa shape index (κ1) is 14.6. The highest BCUT2D eigenvalue weighted by Gasteiger charge is 2.15. The van der Waals surface area contributed by atoms with Crippen LogP contribution in [-0.2, 0) is 16.6 Å². The zero-order chi connectivity index (χ0) is 12.9. The van der Waals surface area contributed by atoms with E-state index in [-0.39, 0.29) is 0 Å². The Balaban J connectivity index is 2.51. The van der Waals surface area contributed by atoms with Crippen molar-refractivity contribution in [1.29, 1.82) is 0 Å². The van der Waals surface area contributed by atoms with E-state index in [2.05, 4.69) is 4.72 Å². The van der Waals surface area contributed by atoms with Gasteiger partial charge in [-0.15, -0.1) is 11.3 Å². The normalized spacial score (nSPS) is 12.2. The second kappa shape index (κ2) is 6.46. The van der Waals surface area contributed by atoms with Crippen LogP contribution in [0.4, 0.5) is 0 Å². The molecule has 0 aliphatic carbocycles. The van der Waals surface area contributed by atoms with Gasteiger partial charge in [-0.3, -0.25) is 0 Å². The van der Waals surface area contributed by atoms with Gasteiger partial charge in [0, 0.05) is 13.1 Å². The van der Waals surface area contributed by atoms with Crippen LogP contribution in [0.15, 0.2) is 15.7 Å². The number of rotatable bonds is 7. The lowest BCUT2D eigenvalue weighted by atomic mass is 10.4. The Morgan fingerprint density at radius 2 is 2.18 bits per heavy atom. The summed E-state index contributed by atoms with van der Waals surface area (Å²) in [7, 11) is 0.566. The summed E-state index contributed by atoms with van der Waals surface area (Å²) in [5.41, 5.74) is 6.30. The molecule has 98 valence electrons. The van der Waals surface area contributed by atoms with Gasteiger partial charge >= 0.3 is 0 Å². The van der Waals surface area contributed by atoms with Gasteiger partial charge in [-0.05, 0) is 44.1 Å². The molecular weight excluding hydrogens is 258 g/mol. The first-order valence-corrected chi connectivity index (χ1v) is 7.74. The number of sulfonamides is 1. The average Bonchev–Trinajstić information content (AvgIpc) is 2.73. The molecule has 0 aliphatic heterocycles. The van der Waals surface area contributed by atoms with Crippen molar-refractivity contribution in [3.63, 3.8) is 0 Å². The molecule has 0 fully saturated rings. The summed E-state index contributed by atoms with van der Waals surface area (Å²) in [5, 5.41) is 1.77. The third-order valence-electron chi connectivity index (χ3n) is 2.20. The lowest BCUT2D eigenvalue weighted by Crippen LogP contribution is -2.26. The number of hydrogen-bond donors (Lipinski definition) is 2. The Morgan fingerprint density at radius 1 is 1.47 bits per heavy atom. The fraction of sp³-hybridized carbons (Fsp3) is 0.600. The van der Waals surface area contributed by atoms with Crippen molar-refractivity contribution in [2.45, 2.75) is 17.2 Å². The summed E-state index contributed by atoms with van der Waals surface area (Å²) in [5.74, 6) is 0. The Bertz CT molecular complexity index is 440. The van der Waals surface area contributed by atoms with Crippen molar-refractivity contribution in [3.8, 4) is 0 Å². The van der Waals surface area contributed by atoms with Gasteiger partial charge in [-0.1, -0.05) is 0 Å². The molecule has 0 saturated heterocycles. The molecule has 5 nitrogen and oxygen atoms in total. The van der Waals surface area contributed by atoms with Crippen LogP contribution in [0.3, 0.4) is 0 Å². The second-order valence-electron chi connectivity index (χ2n) is 4.03. The first-order chi connectivity index (χ1) is 7.95. The molecule has 7 heteroatoms. The molecular formula is C10H19N3O2S2. The first-order valence-electron chi connectivity index (χ1n) is 5.37. The summed E-state index contributed by atoms with van der Waals surface area (Å²) in [6, 6.07) is 1.62. The quantitative estimate of drug-likeness (QED) is 0.709. The van der Waals surface area contributed by atoms with E-state index in [0.29, 0.717) is 17.3 Å². The maximum Gasteiger partial charge on any atom is 0.250 e. The van der Waals surface area contributed by atoms with Gasteiger partial charge in [0.05, 0.1) is 0 Å². The van der Waals surface area contributed by atoms with E-state index in [1.807, 2.05) is 19.0 Å². The van der Waals surface area contributed by atoms with Crippen LogP contribution in [0.2, 0.25) is 0 Å². The van der Waals surface area contributed by atoms with Crippen molar-refractivity contribution in [2.24, 2.45) is 5.73 Å². The zero-order valence-corrected chi connectivity index (χ0v) is 11.8. The maximum atomic E-state index is 11.9. The molecule has 1 aromatic rings. The number of hydrogen-bond acceptors (Lipinski definition) is 5. The van der Waals surface area contributed by atoms with Gasteiger partial charge < -0.3 is 10.6 Å². The van der Waals surface area contributed by atoms with E-state index in [0.717, 1.165) is 18.5 Å². The largest absolute Gasteiger partial charge is 0.326 e. The minimum Gasteiger partial charge on any atom is -0.326 e. The van der Waals surface area contributed by atoms with Gasteiger partial charge in [0.25, 0.3) is 0 Å². The molecule has 0 spiro atoms. The van der Waals surface area contributed by atoms with Crippen LogP contribution in [-0.4, -0.2) is 40.5 Å². The molecule has 1 aromatic heterocycles. The van der Waals surface area contributed by atoms with Crippen molar-refractivity contribution in [1.82, 2.24) is 9.62 Å². The lowest BCUT2D eigenvalue weighted by Gasteiger charge is -2.09. The number of thiophene rings is 1. The zero-order valence-electron chi connectivity index (χ0n) is 10.1. The summed E-state index contributed by atoms with van der Waals surface area (Å²) < 4.78 is 26.6. The van der Waals surface area contributed by atoms with Crippen LogP contribution < -0.4 is 10.5 Å². The van der Waals surface area contributed by atoms with E-state index < -0.39 is 10.0 Å². The summed E-state index contributed by atoms with van der Waals surface area (Å²) in [6.07, 6.45) is 0.793. The van der Waals surface area contributed by atoms with Gasteiger partial charge in [0.15, 0.2) is 0 Å². The maximum absolute atomic E-state index is 11.9. The van der Waals surface area contributed by atoms with Crippen LogP contribution in [0, 0.1) is 0 Å². The summed E-state index contributed by atoms with van der Waals surface area (Å²) in [6.45, 7) is 1.68. The molecule has 0 aliphatic rings. The predicted octanol–water partition coefficient (Wildman–Crippen LogP) is 0.437. The average molecular weight is 277 g/mol. The number of nitrogens with zero attached hydrogens (tertiary/aromatic N) is 1. The van der Waals surface area contributed by atoms with Crippen molar-refractivity contribution < 1.29 is 8.42 Å². The smallest absolute Gasteiger partial charge is 0.250 e. The molecule has 0 saturated carbocycles. The summed E-state index contributed by atoms with van der Waals surface area (Å²) >= 11 is 1.20. The number of nitrogens with one attached hydrogen (secondary N) is 1. The molecule has 0 unspecified atom stereocenters. The van der Waals surface area contributed by atoms with E-state index in [1.165, 1.54) is 11.3 Å². The van der Waals surface area contributed by atoms with E-state index >= 15 is 0 Å². The van der Waals surface area contributed by atoms with Gasteiger partial charge in [-0.25, -0.2) is 13.1 Å². The Hall–Kier alpha value is -0.470. The van der Waals surface area contributed by atoms with Crippen LogP contribution >= 0.6 is 11.3 Å². The fourth-order valence-electron chi connectivity index (χ4n) is 1.27. The Kier molecular flexibility index (Phi) is 5.54. The lowest BCUT2D eigenvalue weighted by molar-refractivity contribution is 0.400. The van der Waals surface area contributed by atoms with Gasteiger partial charge in [0.2, 0.25) is 10.0 Å². The monoisotopic (exact) mass is 277 g/mol. The van der Waals surface area contributed by atoms with Crippen molar-refractivity contribution in [3.05, 3.63) is 17.0 Å². The molecule has 0 radical (unpaired) electrons. The predicted molar refractivity (Wildman–Crippen MR) is 70.6 cm³/mol. The molecule has 3 N–H and O–H groups in total. The fourth-order valence-corrected chi connectivity index (χ4v) is 3.61. The van der Waals surface area contributed by atoms with Gasteiger partial charge in [-0.2, -0.15) is 0 Å². The molecule has 17 heavy (non-hydrogen) atoms. The Labute approximate surface area is 107 Å². The highest BCUT2D eigenvalue weighted by Crippen LogP contribution is 2.19. The topological polar surface area (TPSA) is 75.4 Å². The third-order valence-corrected chi connectivity index (χ3v) is 5.15. The highest BCUT2D eigenvalue weighted by atomic mass is 32.2. The van der Waals surface area contributed by atoms with Crippen LogP contribution in [0.1, 0.15) is 12.0 Å². The molecule has 1 heterocycles. The molecule has 1 rings (SSSR count). The number of nitrogens with two attached hydrogens (primary N) is 1. The van der Waals surface area contributed by atoms with Crippen LogP contribution in [0.5, 0.6) is 0 Å².